The van der Waals surface area contributed by atoms with Crippen LogP contribution in [0.15, 0.2) is 34.7 Å². The van der Waals surface area contributed by atoms with Gasteiger partial charge in [-0.05, 0) is 30.3 Å². The fraction of sp³-hybridized carbons (Fsp3) is 0.267. The summed E-state index contributed by atoms with van der Waals surface area (Å²) in [5.74, 6) is 0.932. The molecule has 0 saturated carbocycles. The summed E-state index contributed by atoms with van der Waals surface area (Å²) in [5.41, 5.74) is 0. The Bertz CT molecular complexity index is 642. The number of hydrogen-bond donors (Lipinski definition) is 1. The Kier molecular flexibility index (Phi) is 6.12. The number of nitrogens with one attached hydrogen (secondary N) is 1. The monoisotopic (exact) mass is 343 g/mol. The molecule has 1 heterocycles. The molecule has 7 heteroatoms. The topological polar surface area (TPSA) is 60.7 Å². The van der Waals surface area contributed by atoms with E-state index in [1.54, 1.807) is 37.4 Å². The van der Waals surface area contributed by atoms with Gasteiger partial charge in [-0.3, -0.25) is 4.79 Å². The molecule has 1 aromatic carbocycles. The molecule has 1 aromatic heterocycles. The summed E-state index contributed by atoms with van der Waals surface area (Å²) in [6.07, 6.45) is 0. The van der Waals surface area contributed by atoms with E-state index < -0.39 is 0 Å². The lowest BCUT2D eigenvalue weighted by molar-refractivity contribution is 0.0905. The average molecular weight is 344 g/mol. The first-order valence-corrected chi connectivity index (χ1v) is 7.29. The van der Waals surface area contributed by atoms with Gasteiger partial charge >= 0.3 is 0 Å². The first kappa shape index (κ1) is 16.7. The van der Waals surface area contributed by atoms with Crippen LogP contribution in [0.5, 0.6) is 5.75 Å². The Morgan fingerprint density at radius 2 is 2.09 bits per heavy atom. The van der Waals surface area contributed by atoms with Crippen LogP contribution in [0.4, 0.5) is 0 Å². The largest absolute Gasteiger partial charge is 0.484 e. The van der Waals surface area contributed by atoms with Gasteiger partial charge in [0.15, 0.2) is 5.76 Å². The maximum Gasteiger partial charge on any atom is 0.287 e. The number of carbonyl (C=O) groups is 1. The molecule has 0 aliphatic rings. The SMILES string of the molecule is COCCNC(=O)c1ccc(COc2ccc(Cl)cc2Cl)o1. The minimum Gasteiger partial charge on any atom is -0.484 e. The summed E-state index contributed by atoms with van der Waals surface area (Å²) < 4.78 is 15.8. The highest BCUT2D eigenvalue weighted by molar-refractivity contribution is 6.35. The maximum atomic E-state index is 11.8. The van der Waals surface area contributed by atoms with Gasteiger partial charge in [0.1, 0.15) is 18.1 Å². The van der Waals surface area contributed by atoms with E-state index in [0.29, 0.717) is 34.7 Å². The molecule has 0 bridgehead atoms. The first-order valence-electron chi connectivity index (χ1n) is 6.54. The van der Waals surface area contributed by atoms with Crippen molar-refractivity contribution in [1.82, 2.24) is 5.32 Å². The third-order valence-electron chi connectivity index (χ3n) is 2.74. The van der Waals surface area contributed by atoms with Gasteiger partial charge in [-0.15, -0.1) is 0 Å². The summed E-state index contributed by atoms with van der Waals surface area (Å²) in [6.45, 7) is 1.02. The zero-order valence-corrected chi connectivity index (χ0v) is 13.4. The highest BCUT2D eigenvalue weighted by Gasteiger charge is 2.11. The Hall–Kier alpha value is -1.69. The third kappa shape index (κ3) is 4.66. The Labute approximate surface area is 138 Å². The molecule has 0 saturated heterocycles. The molecule has 1 amide bonds. The second-order valence-electron chi connectivity index (χ2n) is 4.38. The van der Waals surface area contributed by atoms with Crippen LogP contribution >= 0.6 is 23.2 Å². The van der Waals surface area contributed by atoms with Gasteiger partial charge in [0.05, 0.1) is 11.6 Å². The van der Waals surface area contributed by atoms with E-state index in [4.69, 9.17) is 37.1 Å². The van der Waals surface area contributed by atoms with E-state index >= 15 is 0 Å². The predicted molar refractivity (Wildman–Crippen MR) is 83.7 cm³/mol. The molecule has 0 unspecified atom stereocenters. The average Bonchev–Trinajstić information content (AvgIpc) is 2.95. The van der Waals surface area contributed by atoms with E-state index in [-0.39, 0.29) is 18.3 Å². The number of amides is 1. The second kappa shape index (κ2) is 8.08. The quantitative estimate of drug-likeness (QED) is 0.781. The van der Waals surface area contributed by atoms with Crippen molar-refractivity contribution in [3.63, 3.8) is 0 Å². The van der Waals surface area contributed by atoms with Crippen molar-refractivity contribution >= 4 is 29.1 Å². The summed E-state index contributed by atoms with van der Waals surface area (Å²) in [4.78, 5) is 11.8. The smallest absolute Gasteiger partial charge is 0.287 e. The normalized spacial score (nSPS) is 10.5. The molecule has 0 atom stereocenters. The van der Waals surface area contributed by atoms with Crippen molar-refractivity contribution in [2.45, 2.75) is 6.61 Å². The molecule has 2 aromatic rings. The highest BCUT2D eigenvalue weighted by atomic mass is 35.5. The molecule has 22 heavy (non-hydrogen) atoms. The molecule has 1 N–H and O–H groups in total. The summed E-state index contributed by atoms with van der Waals surface area (Å²) >= 11 is 11.8. The molecule has 0 radical (unpaired) electrons. The highest BCUT2D eigenvalue weighted by Crippen LogP contribution is 2.28. The van der Waals surface area contributed by atoms with Gasteiger partial charge in [0.2, 0.25) is 0 Å². The Morgan fingerprint density at radius 3 is 2.82 bits per heavy atom. The van der Waals surface area contributed by atoms with E-state index in [2.05, 4.69) is 5.32 Å². The molecular weight excluding hydrogens is 329 g/mol. The van der Waals surface area contributed by atoms with E-state index in [0.717, 1.165) is 0 Å². The molecule has 0 spiro atoms. The fourth-order valence-electron chi connectivity index (χ4n) is 1.67. The van der Waals surface area contributed by atoms with Crippen LogP contribution in [0.1, 0.15) is 16.3 Å². The molecule has 0 aliphatic heterocycles. The molecule has 2 rings (SSSR count). The molecule has 0 fully saturated rings. The van der Waals surface area contributed by atoms with Gasteiger partial charge in [-0.1, -0.05) is 23.2 Å². The lowest BCUT2D eigenvalue weighted by atomic mass is 10.3. The number of ether oxygens (including phenoxy) is 2. The van der Waals surface area contributed by atoms with E-state index in [9.17, 15) is 4.79 Å². The number of halogens is 2. The zero-order chi connectivity index (χ0) is 15.9. The third-order valence-corrected chi connectivity index (χ3v) is 3.27. The second-order valence-corrected chi connectivity index (χ2v) is 5.22. The lowest BCUT2D eigenvalue weighted by Crippen LogP contribution is -2.26. The number of hydrogen-bond acceptors (Lipinski definition) is 4. The Balaban J connectivity index is 1.90. The maximum absolute atomic E-state index is 11.8. The van der Waals surface area contributed by atoms with Crippen molar-refractivity contribution in [2.75, 3.05) is 20.3 Å². The predicted octanol–water partition coefficient (Wildman–Crippen LogP) is 3.54. The van der Waals surface area contributed by atoms with Crippen LogP contribution in [-0.4, -0.2) is 26.2 Å². The summed E-state index contributed by atoms with van der Waals surface area (Å²) in [6, 6.07) is 8.21. The number of furan rings is 1. The first-order chi connectivity index (χ1) is 10.6. The minimum absolute atomic E-state index is 0.159. The van der Waals surface area contributed by atoms with Crippen molar-refractivity contribution in [1.29, 1.82) is 0 Å². The van der Waals surface area contributed by atoms with Crippen LogP contribution in [0.3, 0.4) is 0 Å². The van der Waals surface area contributed by atoms with Gasteiger partial charge in [-0.2, -0.15) is 0 Å². The van der Waals surface area contributed by atoms with Gasteiger partial charge in [0, 0.05) is 18.7 Å². The number of carbonyl (C=O) groups excluding carboxylic acids is 1. The molecule has 118 valence electrons. The van der Waals surface area contributed by atoms with Gasteiger partial charge in [0.25, 0.3) is 5.91 Å². The van der Waals surface area contributed by atoms with Crippen molar-refractivity contribution in [3.8, 4) is 5.75 Å². The van der Waals surface area contributed by atoms with Crippen LogP contribution < -0.4 is 10.1 Å². The van der Waals surface area contributed by atoms with Crippen molar-refractivity contribution < 1.29 is 18.7 Å². The zero-order valence-electron chi connectivity index (χ0n) is 11.9. The molecule has 0 aliphatic carbocycles. The molecule has 5 nitrogen and oxygen atoms in total. The summed E-state index contributed by atoms with van der Waals surface area (Å²) in [7, 11) is 1.57. The van der Waals surface area contributed by atoms with Gasteiger partial charge < -0.3 is 19.2 Å². The van der Waals surface area contributed by atoms with Crippen LogP contribution in [0.25, 0.3) is 0 Å². The van der Waals surface area contributed by atoms with Crippen LogP contribution in [0.2, 0.25) is 10.0 Å². The van der Waals surface area contributed by atoms with Crippen molar-refractivity contribution in [3.05, 3.63) is 51.9 Å². The lowest BCUT2D eigenvalue weighted by Gasteiger charge is -2.06. The summed E-state index contributed by atoms with van der Waals surface area (Å²) in [5, 5.41) is 3.61. The number of methoxy groups -OCH3 is 1. The number of rotatable bonds is 7. The fourth-order valence-corrected chi connectivity index (χ4v) is 2.14. The molecular formula is C15H15Cl2NO4. The van der Waals surface area contributed by atoms with E-state index in [1.165, 1.54) is 0 Å². The van der Waals surface area contributed by atoms with Crippen LogP contribution in [-0.2, 0) is 11.3 Å². The van der Waals surface area contributed by atoms with Crippen LogP contribution in [0, 0.1) is 0 Å². The Morgan fingerprint density at radius 1 is 1.27 bits per heavy atom. The number of benzene rings is 1. The van der Waals surface area contributed by atoms with Crippen molar-refractivity contribution in [2.24, 2.45) is 0 Å². The van der Waals surface area contributed by atoms with Gasteiger partial charge in [-0.25, -0.2) is 0 Å². The standard InChI is InChI=1S/C15H15Cl2NO4/c1-20-7-6-18-15(19)14-5-3-11(22-14)9-21-13-4-2-10(16)8-12(13)17/h2-5,8H,6-7,9H2,1H3,(H,18,19). The minimum atomic E-state index is -0.298. The van der Waals surface area contributed by atoms with E-state index in [1.807, 2.05) is 0 Å².